The van der Waals surface area contributed by atoms with Crippen molar-refractivity contribution in [3.8, 4) is 0 Å². The molecule has 0 bridgehead atoms. The molecule has 9 heteroatoms. The van der Waals surface area contributed by atoms with Crippen LogP contribution < -0.4 is 10.6 Å². The second-order valence-corrected chi connectivity index (χ2v) is 6.05. The van der Waals surface area contributed by atoms with Crippen molar-refractivity contribution in [3.63, 3.8) is 0 Å². The first-order valence-electron chi connectivity index (χ1n) is 7.41. The number of carbonyl (C=O) groups is 2. The Kier molecular flexibility index (Phi) is 5.20. The summed E-state index contributed by atoms with van der Waals surface area (Å²) in [5.74, 6) is -0.263. The highest BCUT2D eigenvalue weighted by molar-refractivity contribution is 6.40. The molecule has 3 rings (SSSR count). The summed E-state index contributed by atoms with van der Waals surface area (Å²) in [4.78, 5) is 28.7. The van der Waals surface area contributed by atoms with Gasteiger partial charge in [-0.3, -0.25) is 9.59 Å². The fourth-order valence-electron chi connectivity index (χ4n) is 2.09. The maximum Gasteiger partial charge on any atom is 0.275 e. The lowest BCUT2D eigenvalue weighted by atomic mass is 10.2. The zero-order chi connectivity index (χ0) is 18.7. The van der Waals surface area contributed by atoms with Crippen LogP contribution in [0.25, 0.3) is 0 Å². The quantitative estimate of drug-likeness (QED) is 0.695. The Hall–Kier alpha value is -2.90. The van der Waals surface area contributed by atoms with Crippen LogP contribution in [-0.4, -0.2) is 22.0 Å². The van der Waals surface area contributed by atoms with Crippen molar-refractivity contribution in [2.24, 2.45) is 0 Å². The minimum absolute atomic E-state index is 0.0324. The van der Waals surface area contributed by atoms with Crippen LogP contribution in [0, 0.1) is 6.92 Å². The van der Waals surface area contributed by atoms with Crippen molar-refractivity contribution in [2.45, 2.75) is 6.92 Å². The molecule has 0 saturated heterocycles. The molecule has 7 nitrogen and oxygen atoms in total. The average Bonchev–Trinajstić information content (AvgIpc) is 3.03. The van der Waals surface area contributed by atoms with Gasteiger partial charge in [0.2, 0.25) is 0 Å². The third-order valence-corrected chi connectivity index (χ3v) is 3.92. The molecule has 0 spiro atoms. The largest absolute Gasteiger partial charge is 0.360 e. The predicted molar refractivity (Wildman–Crippen MR) is 97.8 cm³/mol. The smallest absolute Gasteiger partial charge is 0.275 e. The van der Waals surface area contributed by atoms with Crippen molar-refractivity contribution in [2.75, 3.05) is 10.6 Å². The maximum absolute atomic E-state index is 12.4. The van der Waals surface area contributed by atoms with E-state index in [1.165, 1.54) is 12.1 Å². The number of rotatable bonds is 4. The fourth-order valence-corrected chi connectivity index (χ4v) is 2.58. The number of nitrogens with zero attached hydrogens (tertiary/aromatic N) is 2. The molecule has 0 fully saturated rings. The number of nitrogens with one attached hydrogen (secondary N) is 2. The molecule has 132 valence electrons. The Morgan fingerprint density at radius 3 is 2.12 bits per heavy atom. The van der Waals surface area contributed by atoms with Gasteiger partial charge in [-0.15, -0.1) is 0 Å². The van der Waals surface area contributed by atoms with E-state index in [2.05, 4.69) is 20.8 Å². The summed E-state index contributed by atoms with van der Waals surface area (Å²) in [6.07, 6.45) is 0. The number of carbonyl (C=O) groups excluding carboxylic acids is 2. The van der Waals surface area contributed by atoms with Gasteiger partial charge >= 0.3 is 0 Å². The molecule has 0 saturated carbocycles. The number of aromatic nitrogens is 2. The molecule has 0 aliphatic rings. The average molecular weight is 391 g/mol. The Morgan fingerprint density at radius 2 is 1.54 bits per heavy atom. The lowest BCUT2D eigenvalue weighted by molar-refractivity contribution is 0.101. The number of benzene rings is 1. The van der Waals surface area contributed by atoms with Crippen LogP contribution in [0.4, 0.5) is 11.5 Å². The lowest BCUT2D eigenvalue weighted by Crippen LogP contribution is -2.18. The first-order valence-corrected chi connectivity index (χ1v) is 8.17. The van der Waals surface area contributed by atoms with E-state index in [0.29, 0.717) is 15.8 Å². The van der Waals surface area contributed by atoms with E-state index in [0.717, 1.165) is 0 Å². The van der Waals surface area contributed by atoms with Gasteiger partial charge in [-0.1, -0.05) is 40.5 Å². The summed E-state index contributed by atoms with van der Waals surface area (Å²) < 4.78 is 4.88. The first-order chi connectivity index (χ1) is 12.4. The number of amides is 2. The molecule has 0 radical (unpaired) electrons. The number of pyridine rings is 1. The van der Waals surface area contributed by atoms with Crippen LogP contribution in [0.3, 0.4) is 0 Å². The van der Waals surface area contributed by atoms with Gasteiger partial charge in [-0.05, 0) is 31.2 Å². The highest BCUT2D eigenvalue weighted by Crippen LogP contribution is 2.30. The number of hydrogen-bond acceptors (Lipinski definition) is 5. The zero-order valence-corrected chi connectivity index (χ0v) is 14.9. The summed E-state index contributed by atoms with van der Waals surface area (Å²) in [5.41, 5.74) is 0.351. The van der Waals surface area contributed by atoms with Crippen LogP contribution in [0.15, 0.2) is 47.0 Å². The predicted octanol–water partition coefficient (Wildman–Crippen LogP) is 4.19. The standard InChI is InChI=1S/C17H12Cl2N4O3/c1-9-8-14(23-26-9)21-16(24)12-6-3-7-13(20-12)17(25)22-15-10(18)4-2-5-11(15)19/h2-8H,1H3,(H,22,25)(H,21,23,24). The fraction of sp³-hybridized carbons (Fsp3) is 0.0588. The van der Waals surface area contributed by atoms with E-state index in [1.807, 2.05) is 0 Å². The minimum atomic E-state index is -0.549. The summed E-state index contributed by atoms with van der Waals surface area (Å²) >= 11 is 12.1. The molecule has 3 aromatic rings. The number of anilines is 2. The van der Waals surface area contributed by atoms with E-state index in [4.69, 9.17) is 27.7 Å². The van der Waals surface area contributed by atoms with Crippen molar-refractivity contribution < 1.29 is 14.1 Å². The normalized spacial score (nSPS) is 10.4. The maximum atomic E-state index is 12.4. The van der Waals surface area contributed by atoms with Gasteiger partial charge < -0.3 is 15.2 Å². The van der Waals surface area contributed by atoms with E-state index in [1.54, 1.807) is 37.3 Å². The Bertz CT molecular complexity index is 967. The Morgan fingerprint density at radius 1 is 0.962 bits per heavy atom. The summed E-state index contributed by atoms with van der Waals surface area (Å²) in [7, 11) is 0. The van der Waals surface area contributed by atoms with Crippen molar-refractivity contribution >= 4 is 46.5 Å². The van der Waals surface area contributed by atoms with Gasteiger partial charge in [0.15, 0.2) is 5.82 Å². The van der Waals surface area contributed by atoms with E-state index in [9.17, 15) is 9.59 Å². The lowest BCUT2D eigenvalue weighted by Gasteiger charge is -2.09. The third-order valence-electron chi connectivity index (χ3n) is 3.29. The summed E-state index contributed by atoms with van der Waals surface area (Å²) in [6, 6.07) is 10.9. The Balaban J connectivity index is 1.78. The topological polar surface area (TPSA) is 97.1 Å². The van der Waals surface area contributed by atoms with E-state index >= 15 is 0 Å². The second-order valence-electron chi connectivity index (χ2n) is 5.24. The van der Waals surface area contributed by atoms with Crippen LogP contribution in [-0.2, 0) is 0 Å². The number of halogens is 2. The number of aryl methyl sites for hydroxylation is 1. The molecule has 26 heavy (non-hydrogen) atoms. The van der Waals surface area contributed by atoms with Crippen LogP contribution in [0.2, 0.25) is 10.0 Å². The van der Waals surface area contributed by atoms with Gasteiger partial charge in [0, 0.05) is 6.07 Å². The molecule has 0 atom stereocenters. The molecule has 2 heterocycles. The third kappa shape index (κ3) is 4.01. The zero-order valence-electron chi connectivity index (χ0n) is 13.4. The number of para-hydroxylation sites is 1. The van der Waals surface area contributed by atoms with Gasteiger partial charge in [0.25, 0.3) is 11.8 Å². The highest BCUT2D eigenvalue weighted by atomic mass is 35.5. The van der Waals surface area contributed by atoms with E-state index < -0.39 is 11.8 Å². The van der Waals surface area contributed by atoms with Gasteiger partial charge in [-0.2, -0.15) is 0 Å². The van der Waals surface area contributed by atoms with Gasteiger partial charge in [0.1, 0.15) is 17.1 Å². The molecular weight excluding hydrogens is 379 g/mol. The molecule has 2 N–H and O–H groups in total. The van der Waals surface area contributed by atoms with Crippen LogP contribution in [0.1, 0.15) is 26.7 Å². The van der Waals surface area contributed by atoms with Crippen molar-refractivity contribution in [3.05, 3.63) is 69.7 Å². The van der Waals surface area contributed by atoms with E-state index in [-0.39, 0.29) is 22.9 Å². The van der Waals surface area contributed by atoms with Crippen molar-refractivity contribution in [1.82, 2.24) is 10.1 Å². The molecule has 2 aromatic heterocycles. The van der Waals surface area contributed by atoms with Gasteiger partial charge in [0.05, 0.1) is 15.7 Å². The molecule has 0 aliphatic heterocycles. The second kappa shape index (κ2) is 7.55. The monoisotopic (exact) mass is 390 g/mol. The SMILES string of the molecule is Cc1cc(NC(=O)c2cccc(C(=O)Nc3c(Cl)cccc3Cl)n2)no1. The summed E-state index contributed by atoms with van der Waals surface area (Å²) in [5, 5.41) is 9.38. The minimum Gasteiger partial charge on any atom is -0.360 e. The Labute approximate surface area is 158 Å². The molecule has 2 amide bonds. The molecule has 1 aromatic carbocycles. The van der Waals surface area contributed by atoms with Crippen LogP contribution in [0.5, 0.6) is 0 Å². The summed E-state index contributed by atoms with van der Waals surface area (Å²) in [6.45, 7) is 1.70. The number of hydrogen-bond donors (Lipinski definition) is 2. The molecule has 0 unspecified atom stereocenters. The highest BCUT2D eigenvalue weighted by Gasteiger charge is 2.16. The van der Waals surface area contributed by atoms with Gasteiger partial charge in [-0.25, -0.2) is 4.98 Å². The van der Waals surface area contributed by atoms with Crippen LogP contribution >= 0.6 is 23.2 Å². The first kappa shape index (κ1) is 17.9. The molecular formula is C17H12Cl2N4O3. The molecule has 0 aliphatic carbocycles. The van der Waals surface area contributed by atoms with Crippen molar-refractivity contribution in [1.29, 1.82) is 0 Å².